The van der Waals surface area contributed by atoms with Crippen LogP contribution in [0.3, 0.4) is 0 Å². The van der Waals surface area contributed by atoms with E-state index < -0.39 is 5.97 Å². The zero-order valence-electron chi connectivity index (χ0n) is 9.88. The van der Waals surface area contributed by atoms with Gasteiger partial charge in [-0.15, -0.1) is 5.10 Å². The van der Waals surface area contributed by atoms with E-state index in [-0.39, 0.29) is 6.42 Å². The first-order valence-corrected chi connectivity index (χ1v) is 6.76. The Kier molecular flexibility index (Phi) is 4.55. The van der Waals surface area contributed by atoms with E-state index in [0.29, 0.717) is 23.7 Å². The Balaban J connectivity index is 2.05. The second-order valence-electron chi connectivity index (χ2n) is 4.04. The molecule has 0 saturated carbocycles. The van der Waals surface area contributed by atoms with Crippen molar-refractivity contribution < 1.29 is 9.90 Å². The molecule has 0 spiro atoms. The first-order chi connectivity index (χ1) is 9.04. The quantitative estimate of drug-likeness (QED) is 0.905. The van der Waals surface area contributed by atoms with E-state index >= 15 is 0 Å². The number of rotatable bonds is 5. The maximum absolute atomic E-state index is 10.5. The third-order valence-corrected chi connectivity index (χ3v) is 3.37. The molecule has 1 aromatic heterocycles. The predicted octanol–water partition coefficient (Wildman–Crippen LogP) is 2.76. The topological polar surface area (TPSA) is 68.0 Å². The van der Waals surface area contributed by atoms with Crippen LogP contribution >= 0.6 is 27.5 Å². The van der Waals surface area contributed by atoms with Gasteiger partial charge in [0.15, 0.2) is 0 Å². The number of aryl methyl sites for hydroxylation is 1. The van der Waals surface area contributed by atoms with E-state index in [4.69, 9.17) is 16.7 Å². The number of hydrogen-bond donors (Lipinski definition) is 1. The van der Waals surface area contributed by atoms with Crippen LogP contribution in [-0.2, 0) is 17.8 Å². The Morgan fingerprint density at radius 1 is 1.47 bits per heavy atom. The van der Waals surface area contributed by atoms with Gasteiger partial charge in [0.25, 0.3) is 0 Å². The summed E-state index contributed by atoms with van der Waals surface area (Å²) in [6.45, 7) is 0.506. The highest BCUT2D eigenvalue weighted by atomic mass is 79.9. The second kappa shape index (κ2) is 6.16. The molecule has 1 aromatic carbocycles. The fraction of sp³-hybridized carbons (Fsp3) is 0.250. The monoisotopic (exact) mass is 343 g/mol. The van der Waals surface area contributed by atoms with E-state index in [2.05, 4.69) is 26.2 Å². The van der Waals surface area contributed by atoms with E-state index in [1.54, 1.807) is 10.9 Å². The van der Waals surface area contributed by atoms with Crippen molar-refractivity contribution in [2.45, 2.75) is 19.4 Å². The number of benzene rings is 1. The number of carbonyl (C=O) groups is 1. The molecule has 0 unspecified atom stereocenters. The lowest BCUT2D eigenvalue weighted by Gasteiger charge is -2.04. The molecule has 0 aliphatic heterocycles. The minimum absolute atomic E-state index is 0.0533. The summed E-state index contributed by atoms with van der Waals surface area (Å²) in [5.41, 5.74) is 1.59. The summed E-state index contributed by atoms with van der Waals surface area (Å²) < 4.78 is 2.56. The zero-order valence-corrected chi connectivity index (χ0v) is 12.2. The van der Waals surface area contributed by atoms with Crippen molar-refractivity contribution >= 4 is 33.5 Å². The van der Waals surface area contributed by atoms with Crippen LogP contribution in [0.1, 0.15) is 17.7 Å². The Labute approximate surface area is 123 Å². The number of aliphatic carboxylic acids is 1. The molecule has 0 aliphatic carbocycles. The fourth-order valence-corrected chi connectivity index (χ4v) is 2.32. The first kappa shape index (κ1) is 14.0. The van der Waals surface area contributed by atoms with Crippen molar-refractivity contribution in [2.75, 3.05) is 0 Å². The molecule has 2 rings (SSSR count). The van der Waals surface area contributed by atoms with Crippen LogP contribution < -0.4 is 0 Å². The van der Waals surface area contributed by atoms with Gasteiger partial charge >= 0.3 is 5.97 Å². The number of halogens is 2. The fourth-order valence-electron chi connectivity index (χ4n) is 1.59. The first-order valence-electron chi connectivity index (χ1n) is 5.59. The van der Waals surface area contributed by atoms with Crippen molar-refractivity contribution in [3.8, 4) is 0 Å². The molecular formula is C12H11BrClN3O2. The van der Waals surface area contributed by atoms with Crippen LogP contribution in [0.25, 0.3) is 0 Å². The minimum atomic E-state index is -0.842. The molecule has 0 aliphatic rings. The summed E-state index contributed by atoms with van der Waals surface area (Å²) in [5.74, 6) is -0.842. The average Bonchev–Trinajstić information content (AvgIpc) is 2.78. The molecule has 7 heteroatoms. The van der Waals surface area contributed by atoms with Crippen LogP contribution in [-0.4, -0.2) is 26.1 Å². The molecule has 0 fully saturated rings. The summed E-state index contributed by atoms with van der Waals surface area (Å²) in [7, 11) is 0. The van der Waals surface area contributed by atoms with E-state index in [1.807, 2.05) is 18.2 Å². The molecule has 0 radical (unpaired) electrons. The number of hydrogen-bond acceptors (Lipinski definition) is 3. The van der Waals surface area contributed by atoms with Gasteiger partial charge in [-0.05, 0) is 17.7 Å². The van der Waals surface area contributed by atoms with E-state index in [1.165, 1.54) is 0 Å². The Morgan fingerprint density at radius 2 is 2.26 bits per heavy atom. The molecule has 0 atom stereocenters. The lowest BCUT2D eigenvalue weighted by molar-refractivity contribution is -0.136. The van der Waals surface area contributed by atoms with Crippen LogP contribution in [0.4, 0.5) is 0 Å². The summed E-state index contributed by atoms with van der Waals surface area (Å²) in [6.07, 6.45) is 2.17. The molecule has 1 N–H and O–H groups in total. The molecule has 2 aromatic rings. The molecule has 19 heavy (non-hydrogen) atoms. The van der Waals surface area contributed by atoms with Crippen LogP contribution in [0.5, 0.6) is 0 Å². The summed E-state index contributed by atoms with van der Waals surface area (Å²) in [5, 5.41) is 17.1. The number of aromatic nitrogens is 3. The van der Waals surface area contributed by atoms with Gasteiger partial charge in [-0.25, -0.2) is 4.68 Å². The lowest BCUT2D eigenvalue weighted by atomic mass is 10.2. The molecule has 0 saturated heterocycles. The summed E-state index contributed by atoms with van der Waals surface area (Å²) >= 11 is 9.46. The second-order valence-corrected chi connectivity index (χ2v) is 5.36. The Bertz CT molecular complexity index is 600. The van der Waals surface area contributed by atoms with Gasteiger partial charge in [0, 0.05) is 22.1 Å². The summed E-state index contributed by atoms with van der Waals surface area (Å²) in [6, 6.07) is 5.63. The third kappa shape index (κ3) is 4.04. The molecule has 0 amide bonds. The summed E-state index contributed by atoms with van der Waals surface area (Å²) in [4.78, 5) is 10.5. The highest BCUT2D eigenvalue weighted by Crippen LogP contribution is 2.21. The maximum atomic E-state index is 10.5. The van der Waals surface area contributed by atoms with Crippen molar-refractivity contribution in [1.82, 2.24) is 15.0 Å². The minimum Gasteiger partial charge on any atom is -0.481 e. The van der Waals surface area contributed by atoms with Crippen LogP contribution in [0.15, 0.2) is 28.9 Å². The van der Waals surface area contributed by atoms with E-state index in [0.717, 1.165) is 10.0 Å². The average molecular weight is 345 g/mol. The van der Waals surface area contributed by atoms with Crippen LogP contribution in [0, 0.1) is 0 Å². The van der Waals surface area contributed by atoms with Gasteiger partial charge in [0.1, 0.15) is 0 Å². The van der Waals surface area contributed by atoms with Gasteiger partial charge in [0.05, 0.1) is 18.7 Å². The van der Waals surface area contributed by atoms with Crippen LogP contribution in [0.2, 0.25) is 5.02 Å². The SMILES string of the molecule is O=C(O)CCc1cn(Cc2ccc(Br)cc2Cl)nn1. The smallest absolute Gasteiger partial charge is 0.303 e. The Hall–Kier alpha value is -1.40. The van der Waals surface area contributed by atoms with Gasteiger partial charge < -0.3 is 5.11 Å². The lowest BCUT2D eigenvalue weighted by Crippen LogP contribution is -2.01. The largest absolute Gasteiger partial charge is 0.481 e. The number of carboxylic acid groups (broad SMARTS) is 1. The van der Waals surface area contributed by atoms with Gasteiger partial charge in [0.2, 0.25) is 0 Å². The standard InChI is InChI=1S/C12H11BrClN3O2/c13-9-2-1-8(11(14)5-9)6-17-7-10(15-16-17)3-4-12(18)19/h1-2,5,7H,3-4,6H2,(H,18,19). The van der Waals surface area contributed by atoms with Crippen molar-refractivity contribution in [1.29, 1.82) is 0 Å². The van der Waals surface area contributed by atoms with Gasteiger partial charge in [-0.2, -0.15) is 0 Å². The normalized spacial score (nSPS) is 10.6. The van der Waals surface area contributed by atoms with Gasteiger partial charge in [-0.1, -0.05) is 38.8 Å². The van der Waals surface area contributed by atoms with Crippen molar-refractivity contribution in [2.24, 2.45) is 0 Å². The van der Waals surface area contributed by atoms with Gasteiger partial charge in [-0.3, -0.25) is 4.79 Å². The Morgan fingerprint density at radius 3 is 2.95 bits per heavy atom. The maximum Gasteiger partial charge on any atom is 0.303 e. The third-order valence-electron chi connectivity index (χ3n) is 2.53. The molecule has 1 heterocycles. The zero-order chi connectivity index (χ0) is 13.8. The number of nitrogens with zero attached hydrogens (tertiary/aromatic N) is 3. The van der Waals surface area contributed by atoms with Crippen molar-refractivity contribution in [3.05, 3.63) is 45.1 Å². The van der Waals surface area contributed by atoms with Crippen molar-refractivity contribution in [3.63, 3.8) is 0 Å². The number of carboxylic acids is 1. The molecular weight excluding hydrogens is 334 g/mol. The highest BCUT2D eigenvalue weighted by molar-refractivity contribution is 9.10. The molecule has 100 valence electrons. The predicted molar refractivity (Wildman–Crippen MR) is 74.2 cm³/mol. The van der Waals surface area contributed by atoms with E-state index in [9.17, 15) is 4.79 Å². The molecule has 5 nitrogen and oxygen atoms in total. The highest BCUT2D eigenvalue weighted by Gasteiger charge is 2.06. The molecule has 0 bridgehead atoms.